The van der Waals surface area contributed by atoms with Gasteiger partial charge in [0.25, 0.3) is 0 Å². The molecule has 0 heterocycles. The Kier molecular flexibility index (Phi) is 4.08. The lowest BCUT2D eigenvalue weighted by atomic mass is 9.93. The van der Waals surface area contributed by atoms with Gasteiger partial charge >= 0.3 is 0 Å². The van der Waals surface area contributed by atoms with Crippen molar-refractivity contribution >= 4 is 36.8 Å². The van der Waals surface area contributed by atoms with Crippen molar-refractivity contribution in [1.29, 1.82) is 0 Å². The maximum Gasteiger partial charge on any atom is 0.189 e. The first kappa shape index (κ1) is 13.4. The van der Waals surface area contributed by atoms with E-state index >= 15 is 0 Å². The molecule has 2 aromatic rings. The highest BCUT2D eigenvalue weighted by Crippen LogP contribution is 2.17. The molecule has 0 unspecified atom stereocenters. The molecule has 94 valence electrons. The van der Waals surface area contributed by atoms with Gasteiger partial charge in [0.2, 0.25) is 0 Å². The van der Waals surface area contributed by atoms with E-state index in [9.17, 15) is 9.90 Å². The van der Waals surface area contributed by atoms with E-state index in [1.54, 1.807) is 30.3 Å². The molecule has 0 atom stereocenters. The number of halogens is 1. The average Bonchev–Trinajstić information content (AvgIpc) is 2.39. The summed E-state index contributed by atoms with van der Waals surface area (Å²) in [6.07, 6.45) is 3.11. The topological polar surface area (TPSA) is 37.3 Å². The molecule has 2 rings (SSSR count). The van der Waals surface area contributed by atoms with Gasteiger partial charge in [-0.2, -0.15) is 0 Å². The third-order valence-corrected chi connectivity index (χ3v) is 2.93. The van der Waals surface area contributed by atoms with Crippen LogP contribution < -0.4 is 5.46 Å². The van der Waals surface area contributed by atoms with Gasteiger partial charge < -0.3 is 5.11 Å². The molecule has 0 aromatic heterocycles. The van der Waals surface area contributed by atoms with Crippen molar-refractivity contribution in [2.75, 3.05) is 0 Å². The van der Waals surface area contributed by atoms with E-state index in [0.717, 1.165) is 11.0 Å². The minimum absolute atomic E-state index is 0.00801. The van der Waals surface area contributed by atoms with Crippen LogP contribution in [-0.4, -0.2) is 18.7 Å². The molecule has 0 aliphatic heterocycles. The van der Waals surface area contributed by atoms with Gasteiger partial charge in [-0.25, -0.2) is 0 Å². The number of hydrogen-bond acceptors (Lipinski definition) is 2. The van der Waals surface area contributed by atoms with E-state index in [4.69, 9.17) is 11.6 Å². The number of hydrogen-bond donors (Lipinski definition) is 1. The van der Waals surface area contributed by atoms with E-state index in [2.05, 4.69) is 0 Å². The molecule has 1 N–H and O–H groups in total. The summed E-state index contributed by atoms with van der Waals surface area (Å²) < 4.78 is 0. The first-order chi connectivity index (χ1) is 9.06. The minimum Gasteiger partial charge on any atom is -0.507 e. The lowest BCUT2D eigenvalue weighted by molar-refractivity contribution is 0.104. The summed E-state index contributed by atoms with van der Waals surface area (Å²) in [5.41, 5.74) is 2.07. The Labute approximate surface area is 117 Å². The van der Waals surface area contributed by atoms with Gasteiger partial charge in [-0.15, -0.1) is 0 Å². The first-order valence-corrected chi connectivity index (χ1v) is 6.21. The molecule has 0 radical (unpaired) electrons. The number of ketones is 1. The summed E-state index contributed by atoms with van der Waals surface area (Å²) in [4.78, 5) is 12.0. The predicted octanol–water partition coefficient (Wildman–Crippen LogP) is 2.20. The Morgan fingerprint density at radius 1 is 1.21 bits per heavy atom. The monoisotopic (exact) mass is 270 g/mol. The van der Waals surface area contributed by atoms with Crippen LogP contribution in [0.4, 0.5) is 0 Å². The summed E-state index contributed by atoms with van der Waals surface area (Å²) in [6, 6.07) is 12.2. The molecule has 2 nitrogen and oxygen atoms in total. The summed E-state index contributed by atoms with van der Waals surface area (Å²) in [7, 11) is 1.87. The molecule has 0 amide bonds. The van der Waals surface area contributed by atoms with Crippen molar-refractivity contribution in [1.82, 2.24) is 0 Å². The Hall–Kier alpha value is -2.00. The zero-order valence-electron chi connectivity index (χ0n) is 10.4. The van der Waals surface area contributed by atoms with Gasteiger partial charge in [0.1, 0.15) is 13.6 Å². The highest BCUT2D eigenvalue weighted by Gasteiger charge is 2.07. The van der Waals surface area contributed by atoms with Crippen LogP contribution in [0, 0.1) is 0 Å². The standard InChI is InChI=1S/C15H12BClO2/c16-11-5-7-15(19)13(9-11)14(18)6-4-10-2-1-3-12(17)8-10/h1-9,19H,16H2/b6-4+. The second-order valence-electron chi connectivity index (χ2n) is 4.27. The van der Waals surface area contributed by atoms with Crippen molar-refractivity contribution in [3.63, 3.8) is 0 Å². The molecular formula is C15H12BClO2. The Morgan fingerprint density at radius 3 is 2.74 bits per heavy atom. The van der Waals surface area contributed by atoms with Crippen molar-refractivity contribution in [3.05, 3.63) is 64.7 Å². The Morgan fingerprint density at radius 2 is 2.00 bits per heavy atom. The number of rotatable bonds is 3. The first-order valence-electron chi connectivity index (χ1n) is 5.84. The van der Waals surface area contributed by atoms with Crippen molar-refractivity contribution in [3.8, 4) is 5.75 Å². The SMILES string of the molecule is Bc1ccc(O)c(C(=O)/C=C/c2cccc(Cl)c2)c1. The fourth-order valence-corrected chi connectivity index (χ4v) is 1.92. The number of benzene rings is 2. The maximum absolute atomic E-state index is 12.0. The molecule has 0 saturated heterocycles. The van der Waals surface area contributed by atoms with Crippen molar-refractivity contribution < 1.29 is 9.90 Å². The smallest absolute Gasteiger partial charge is 0.189 e. The van der Waals surface area contributed by atoms with E-state index in [1.165, 1.54) is 12.1 Å². The van der Waals surface area contributed by atoms with Crippen LogP contribution in [0.2, 0.25) is 5.02 Å². The second-order valence-corrected chi connectivity index (χ2v) is 4.71. The number of carbonyl (C=O) groups excluding carboxylic acids is 1. The quantitative estimate of drug-likeness (QED) is 0.527. The number of phenols is 1. The number of carbonyl (C=O) groups is 1. The third-order valence-electron chi connectivity index (χ3n) is 2.69. The van der Waals surface area contributed by atoms with Crippen LogP contribution >= 0.6 is 11.6 Å². The van der Waals surface area contributed by atoms with Crippen LogP contribution in [0.15, 0.2) is 48.5 Å². The molecule has 0 saturated carbocycles. The van der Waals surface area contributed by atoms with Crippen molar-refractivity contribution in [2.45, 2.75) is 0 Å². The van der Waals surface area contributed by atoms with E-state index in [0.29, 0.717) is 10.6 Å². The molecule has 4 heteroatoms. The fraction of sp³-hybridized carbons (Fsp3) is 0. The van der Waals surface area contributed by atoms with Crippen LogP contribution in [-0.2, 0) is 0 Å². The Balaban J connectivity index is 2.23. The highest BCUT2D eigenvalue weighted by atomic mass is 35.5. The fourth-order valence-electron chi connectivity index (χ4n) is 1.72. The number of allylic oxidation sites excluding steroid dienone is 1. The second kappa shape index (κ2) is 5.76. The van der Waals surface area contributed by atoms with E-state index in [1.807, 2.05) is 20.0 Å². The minimum atomic E-state index is -0.235. The Bertz CT molecular complexity index is 650. The molecule has 0 bridgehead atoms. The molecule has 0 aliphatic carbocycles. The maximum atomic E-state index is 12.0. The molecule has 0 spiro atoms. The summed E-state index contributed by atoms with van der Waals surface area (Å²) in [5.74, 6) is -0.243. The average molecular weight is 271 g/mol. The van der Waals surface area contributed by atoms with E-state index < -0.39 is 0 Å². The van der Waals surface area contributed by atoms with Crippen molar-refractivity contribution in [2.24, 2.45) is 0 Å². The summed E-state index contributed by atoms with van der Waals surface area (Å²) >= 11 is 5.86. The number of phenolic OH excluding ortho intramolecular Hbond substituents is 1. The predicted molar refractivity (Wildman–Crippen MR) is 81.1 cm³/mol. The van der Waals surface area contributed by atoms with Crippen LogP contribution in [0.1, 0.15) is 15.9 Å². The molecule has 0 fully saturated rings. The van der Waals surface area contributed by atoms with Gasteiger partial charge in [0.15, 0.2) is 5.78 Å². The summed E-state index contributed by atoms with van der Waals surface area (Å²) in [6.45, 7) is 0. The zero-order valence-corrected chi connectivity index (χ0v) is 11.2. The third kappa shape index (κ3) is 3.49. The normalized spacial score (nSPS) is 10.8. The van der Waals surface area contributed by atoms with Crippen LogP contribution in [0.3, 0.4) is 0 Å². The van der Waals surface area contributed by atoms with Gasteiger partial charge in [0.05, 0.1) is 5.56 Å². The van der Waals surface area contributed by atoms with E-state index in [-0.39, 0.29) is 11.5 Å². The van der Waals surface area contributed by atoms with Crippen LogP contribution in [0.25, 0.3) is 6.08 Å². The highest BCUT2D eigenvalue weighted by molar-refractivity contribution is 6.33. The van der Waals surface area contributed by atoms with Gasteiger partial charge in [-0.3, -0.25) is 4.79 Å². The molecule has 0 aliphatic rings. The molecular weight excluding hydrogens is 258 g/mol. The lowest BCUT2D eigenvalue weighted by Crippen LogP contribution is -2.05. The molecule has 2 aromatic carbocycles. The summed E-state index contributed by atoms with van der Waals surface area (Å²) in [5, 5.41) is 10.3. The lowest BCUT2D eigenvalue weighted by Gasteiger charge is -2.02. The zero-order chi connectivity index (χ0) is 13.8. The van der Waals surface area contributed by atoms with Gasteiger partial charge in [-0.05, 0) is 29.8 Å². The van der Waals surface area contributed by atoms with Gasteiger partial charge in [0, 0.05) is 5.02 Å². The molecule has 19 heavy (non-hydrogen) atoms. The largest absolute Gasteiger partial charge is 0.507 e. The number of aromatic hydroxyl groups is 1. The van der Waals surface area contributed by atoms with Crippen LogP contribution in [0.5, 0.6) is 5.75 Å². The van der Waals surface area contributed by atoms with Gasteiger partial charge in [-0.1, -0.05) is 47.4 Å².